The molecule has 0 aliphatic carbocycles. The average Bonchev–Trinajstić information content (AvgIpc) is 2.47. The van der Waals surface area contributed by atoms with Crippen LogP contribution >= 0.6 is 0 Å². The van der Waals surface area contributed by atoms with Gasteiger partial charge in [0.25, 0.3) is 5.91 Å². The molecule has 0 aliphatic rings. The molecule has 22 heavy (non-hydrogen) atoms. The molecule has 1 aromatic carbocycles. The van der Waals surface area contributed by atoms with E-state index in [4.69, 9.17) is 0 Å². The van der Waals surface area contributed by atoms with Gasteiger partial charge in [-0.2, -0.15) is 0 Å². The lowest BCUT2D eigenvalue weighted by atomic mass is 10.1. The average molecular weight is 298 g/mol. The van der Waals surface area contributed by atoms with E-state index in [0.717, 1.165) is 0 Å². The van der Waals surface area contributed by atoms with Gasteiger partial charge >= 0.3 is 0 Å². The van der Waals surface area contributed by atoms with Gasteiger partial charge in [0.2, 0.25) is 5.95 Å². The summed E-state index contributed by atoms with van der Waals surface area (Å²) in [7, 11) is 0. The molecule has 1 heterocycles. The largest absolute Gasteiger partial charge is 0.352 e. The van der Waals surface area contributed by atoms with Crippen LogP contribution in [-0.2, 0) is 0 Å². The summed E-state index contributed by atoms with van der Waals surface area (Å²) >= 11 is 0. The predicted molar refractivity (Wildman–Crippen MR) is 85.2 cm³/mol. The first kappa shape index (κ1) is 15.6. The molecule has 0 saturated carbocycles. The fourth-order valence-electron chi connectivity index (χ4n) is 1.82. The normalized spacial score (nSPS) is 10.4. The number of hydrogen-bond acceptors (Lipinski definition) is 5. The summed E-state index contributed by atoms with van der Waals surface area (Å²) in [5, 5.41) is 5.77. The van der Waals surface area contributed by atoms with Gasteiger partial charge in [-0.05, 0) is 39.0 Å². The second-order valence-corrected chi connectivity index (χ2v) is 5.16. The Morgan fingerprint density at radius 3 is 2.64 bits per heavy atom. The Labute approximate surface area is 129 Å². The summed E-state index contributed by atoms with van der Waals surface area (Å²) in [6, 6.07) is 8.49. The lowest BCUT2D eigenvalue weighted by Crippen LogP contribution is -2.17. The Morgan fingerprint density at radius 1 is 1.18 bits per heavy atom. The van der Waals surface area contributed by atoms with Crippen molar-refractivity contribution in [1.82, 2.24) is 9.97 Å². The number of Topliss-reactive ketones (excluding diaryl/α,β-unsaturated/α-hetero) is 1. The van der Waals surface area contributed by atoms with E-state index in [1.54, 1.807) is 24.3 Å². The summed E-state index contributed by atoms with van der Waals surface area (Å²) in [4.78, 5) is 31.8. The number of aromatic nitrogens is 2. The summed E-state index contributed by atoms with van der Waals surface area (Å²) in [5.74, 6) is -0.00315. The van der Waals surface area contributed by atoms with E-state index in [9.17, 15) is 9.59 Å². The molecule has 6 nitrogen and oxygen atoms in total. The smallest absolute Gasteiger partial charge is 0.274 e. The molecule has 0 radical (unpaired) electrons. The van der Waals surface area contributed by atoms with Crippen LogP contribution < -0.4 is 10.6 Å². The number of benzene rings is 1. The molecule has 0 unspecified atom stereocenters. The number of ketones is 1. The first-order valence-corrected chi connectivity index (χ1v) is 6.97. The molecule has 0 spiro atoms. The monoisotopic (exact) mass is 298 g/mol. The highest BCUT2D eigenvalue weighted by Crippen LogP contribution is 2.12. The molecule has 0 atom stereocenters. The molecule has 1 amide bonds. The Morgan fingerprint density at radius 2 is 1.95 bits per heavy atom. The van der Waals surface area contributed by atoms with E-state index in [2.05, 4.69) is 20.6 Å². The molecule has 2 aromatic rings. The van der Waals surface area contributed by atoms with Gasteiger partial charge in [-0.1, -0.05) is 12.1 Å². The molecule has 1 aromatic heterocycles. The van der Waals surface area contributed by atoms with Gasteiger partial charge < -0.3 is 10.6 Å². The minimum atomic E-state index is -0.352. The molecule has 6 heteroatoms. The van der Waals surface area contributed by atoms with Crippen molar-refractivity contribution in [3.05, 3.63) is 47.8 Å². The third-order valence-corrected chi connectivity index (χ3v) is 2.83. The van der Waals surface area contributed by atoms with Crippen molar-refractivity contribution in [2.24, 2.45) is 0 Å². The molecular formula is C16H18N4O2. The number of nitrogens with zero attached hydrogens (tertiary/aromatic N) is 2. The molecule has 0 aliphatic heterocycles. The van der Waals surface area contributed by atoms with Gasteiger partial charge in [0.05, 0.1) is 0 Å². The van der Waals surface area contributed by atoms with Crippen molar-refractivity contribution >= 4 is 23.3 Å². The van der Waals surface area contributed by atoms with Crippen molar-refractivity contribution in [3.63, 3.8) is 0 Å². The summed E-state index contributed by atoms with van der Waals surface area (Å²) in [6.45, 7) is 5.40. The molecular weight excluding hydrogens is 280 g/mol. The van der Waals surface area contributed by atoms with E-state index >= 15 is 0 Å². The van der Waals surface area contributed by atoms with Crippen molar-refractivity contribution in [2.45, 2.75) is 26.8 Å². The van der Waals surface area contributed by atoms with Crippen molar-refractivity contribution in [2.75, 3.05) is 10.6 Å². The van der Waals surface area contributed by atoms with Gasteiger partial charge in [-0.25, -0.2) is 9.97 Å². The first-order chi connectivity index (χ1) is 10.5. The fraction of sp³-hybridized carbons (Fsp3) is 0.250. The quantitative estimate of drug-likeness (QED) is 0.829. The minimum absolute atomic E-state index is 0.0541. The maximum atomic E-state index is 12.2. The van der Waals surface area contributed by atoms with E-state index in [1.165, 1.54) is 19.2 Å². The minimum Gasteiger partial charge on any atom is -0.352 e. The Kier molecular flexibility index (Phi) is 4.83. The number of carbonyl (C=O) groups is 2. The highest BCUT2D eigenvalue weighted by molar-refractivity contribution is 6.04. The zero-order valence-electron chi connectivity index (χ0n) is 12.8. The van der Waals surface area contributed by atoms with Crippen LogP contribution in [0.15, 0.2) is 36.5 Å². The first-order valence-electron chi connectivity index (χ1n) is 6.97. The molecule has 0 saturated heterocycles. The van der Waals surface area contributed by atoms with E-state index < -0.39 is 0 Å². The maximum Gasteiger partial charge on any atom is 0.274 e. The topological polar surface area (TPSA) is 84.0 Å². The van der Waals surface area contributed by atoms with Crippen LogP contribution in [0.1, 0.15) is 41.6 Å². The lowest BCUT2D eigenvalue weighted by Gasteiger charge is -2.09. The van der Waals surface area contributed by atoms with E-state index in [-0.39, 0.29) is 23.4 Å². The van der Waals surface area contributed by atoms with Crippen LogP contribution in [0.5, 0.6) is 0 Å². The van der Waals surface area contributed by atoms with Gasteiger partial charge in [0.1, 0.15) is 5.69 Å². The van der Waals surface area contributed by atoms with Crippen LogP contribution in [0.3, 0.4) is 0 Å². The summed E-state index contributed by atoms with van der Waals surface area (Å²) in [6.07, 6.45) is 1.53. The van der Waals surface area contributed by atoms with Crippen molar-refractivity contribution in [1.29, 1.82) is 0 Å². The number of rotatable bonds is 5. The van der Waals surface area contributed by atoms with Crippen LogP contribution in [0.4, 0.5) is 11.6 Å². The molecule has 2 N–H and O–H groups in total. The molecule has 0 bridgehead atoms. The van der Waals surface area contributed by atoms with Gasteiger partial charge in [-0.3, -0.25) is 9.59 Å². The number of nitrogens with one attached hydrogen (secondary N) is 2. The maximum absolute atomic E-state index is 12.2. The highest BCUT2D eigenvalue weighted by atomic mass is 16.2. The molecule has 114 valence electrons. The van der Waals surface area contributed by atoms with Crippen LogP contribution in [0, 0.1) is 0 Å². The zero-order chi connectivity index (χ0) is 16.1. The van der Waals surface area contributed by atoms with Gasteiger partial charge in [-0.15, -0.1) is 0 Å². The third kappa shape index (κ3) is 4.12. The number of carbonyl (C=O) groups excluding carboxylic acids is 2. The fourth-order valence-corrected chi connectivity index (χ4v) is 1.82. The van der Waals surface area contributed by atoms with Crippen molar-refractivity contribution in [3.8, 4) is 0 Å². The van der Waals surface area contributed by atoms with Crippen LogP contribution in [0.25, 0.3) is 0 Å². The third-order valence-electron chi connectivity index (χ3n) is 2.83. The number of anilines is 2. The number of amides is 1. The Hall–Kier alpha value is -2.76. The SMILES string of the molecule is CC(=O)c1cccc(NC(=O)c2ccnc(NC(C)C)n2)c1. The number of hydrogen-bond donors (Lipinski definition) is 2. The van der Waals surface area contributed by atoms with E-state index in [1.807, 2.05) is 13.8 Å². The lowest BCUT2D eigenvalue weighted by molar-refractivity contribution is 0.100. The zero-order valence-corrected chi connectivity index (χ0v) is 12.8. The highest BCUT2D eigenvalue weighted by Gasteiger charge is 2.10. The second kappa shape index (κ2) is 6.80. The standard InChI is InChI=1S/C16H18N4O2/c1-10(2)18-16-17-8-7-14(20-16)15(22)19-13-6-4-5-12(9-13)11(3)21/h4-10H,1-3H3,(H,19,22)(H,17,18,20). The Balaban J connectivity index is 2.15. The summed E-state index contributed by atoms with van der Waals surface area (Å²) < 4.78 is 0. The van der Waals surface area contributed by atoms with Gasteiger partial charge in [0.15, 0.2) is 5.78 Å². The second-order valence-electron chi connectivity index (χ2n) is 5.16. The Bertz CT molecular complexity index is 698. The molecule has 0 fully saturated rings. The van der Waals surface area contributed by atoms with Gasteiger partial charge in [0, 0.05) is 23.5 Å². The summed E-state index contributed by atoms with van der Waals surface area (Å²) in [5.41, 5.74) is 1.35. The van der Waals surface area contributed by atoms with Crippen LogP contribution in [-0.4, -0.2) is 27.7 Å². The van der Waals surface area contributed by atoms with Crippen LogP contribution in [0.2, 0.25) is 0 Å². The van der Waals surface area contributed by atoms with E-state index in [0.29, 0.717) is 17.2 Å². The molecule has 2 rings (SSSR count). The van der Waals surface area contributed by atoms with Crippen molar-refractivity contribution < 1.29 is 9.59 Å². The predicted octanol–water partition coefficient (Wildman–Crippen LogP) is 2.75.